The van der Waals surface area contributed by atoms with E-state index in [-0.39, 0.29) is 6.61 Å². The van der Waals surface area contributed by atoms with E-state index < -0.39 is 0 Å². The Hall–Kier alpha value is -1.80. The number of para-hydroxylation sites is 1. The van der Waals surface area contributed by atoms with Crippen LogP contribution in [0.15, 0.2) is 48.5 Å². The van der Waals surface area contributed by atoms with Crippen molar-refractivity contribution >= 4 is 5.69 Å². The van der Waals surface area contributed by atoms with Crippen molar-refractivity contribution in [1.82, 2.24) is 0 Å². The number of aliphatic hydroxyl groups excluding tert-OH is 1. The first-order chi connectivity index (χ1) is 13.2. The molecule has 0 unspecified atom stereocenters. The van der Waals surface area contributed by atoms with Crippen molar-refractivity contribution in [3.05, 3.63) is 65.2 Å². The van der Waals surface area contributed by atoms with Gasteiger partial charge < -0.3 is 10.0 Å². The number of fused-ring (bicyclic) bond motifs is 1. The van der Waals surface area contributed by atoms with E-state index >= 15 is 0 Å². The Morgan fingerprint density at radius 2 is 1.59 bits per heavy atom. The Labute approximate surface area is 166 Å². The first-order valence-corrected chi connectivity index (χ1v) is 10.8. The molecule has 0 aliphatic carbocycles. The van der Waals surface area contributed by atoms with Crippen LogP contribution in [0, 0.1) is 0 Å². The number of aryl methyl sites for hydroxylation is 1. The second-order valence-corrected chi connectivity index (χ2v) is 7.53. The molecule has 0 spiro atoms. The van der Waals surface area contributed by atoms with E-state index in [2.05, 4.69) is 62.1 Å². The Bertz CT molecular complexity index is 661. The zero-order chi connectivity index (χ0) is 19.5. The van der Waals surface area contributed by atoms with Crippen molar-refractivity contribution in [3.63, 3.8) is 0 Å². The van der Waals surface area contributed by atoms with E-state index in [1.54, 1.807) is 5.56 Å². The molecule has 0 amide bonds. The van der Waals surface area contributed by atoms with Gasteiger partial charge in [0.2, 0.25) is 0 Å². The van der Waals surface area contributed by atoms with Crippen molar-refractivity contribution in [2.75, 3.05) is 11.4 Å². The van der Waals surface area contributed by atoms with Gasteiger partial charge in [0.15, 0.2) is 0 Å². The van der Waals surface area contributed by atoms with Gasteiger partial charge in [-0.15, -0.1) is 0 Å². The maximum atomic E-state index is 8.83. The van der Waals surface area contributed by atoms with Crippen LogP contribution in [0.3, 0.4) is 0 Å². The predicted octanol–water partition coefficient (Wildman–Crippen LogP) is 6.15. The number of hydrogen-bond donors (Lipinski definition) is 1. The second-order valence-electron chi connectivity index (χ2n) is 7.53. The van der Waals surface area contributed by atoms with Crippen molar-refractivity contribution < 1.29 is 5.11 Å². The number of nitrogens with zero attached hydrogens (tertiary/aromatic N) is 1. The van der Waals surface area contributed by atoms with E-state index in [4.69, 9.17) is 5.11 Å². The van der Waals surface area contributed by atoms with Gasteiger partial charge in [0.1, 0.15) is 0 Å². The van der Waals surface area contributed by atoms with E-state index in [9.17, 15) is 0 Å². The van der Waals surface area contributed by atoms with E-state index in [0.717, 1.165) is 24.4 Å². The molecule has 0 fully saturated rings. The van der Waals surface area contributed by atoms with Gasteiger partial charge in [-0.3, -0.25) is 0 Å². The highest BCUT2D eigenvalue weighted by molar-refractivity contribution is 5.58. The third kappa shape index (κ3) is 6.39. The highest BCUT2D eigenvalue weighted by Crippen LogP contribution is 2.31. The van der Waals surface area contributed by atoms with Gasteiger partial charge in [0, 0.05) is 18.3 Å². The summed E-state index contributed by atoms with van der Waals surface area (Å²) >= 11 is 0. The molecule has 2 aromatic carbocycles. The molecule has 2 nitrogen and oxygen atoms in total. The highest BCUT2D eigenvalue weighted by Gasteiger charge is 2.24. The van der Waals surface area contributed by atoms with E-state index in [0.29, 0.717) is 0 Å². The van der Waals surface area contributed by atoms with Gasteiger partial charge in [0.05, 0.1) is 6.61 Å². The van der Waals surface area contributed by atoms with Crippen LogP contribution in [0.25, 0.3) is 0 Å². The minimum absolute atomic E-state index is 0.150. The summed E-state index contributed by atoms with van der Waals surface area (Å²) in [5, 5.41) is 8.83. The van der Waals surface area contributed by atoms with Gasteiger partial charge in [-0.1, -0.05) is 82.5 Å². The maximum Gasteiger partial charge on any atom is 0.0681 e. The maximum absolute atomic E-state index is 8.83. The third-order valence-electron chi connectivity index (χ3n) is 5.32. The van der Waals surface area contributed by atoms with Gasteiger partial charge in [0.25, 0.3) is 0 Å². The molecular weight excluding hydrogens is 330 g/mol. The lowest BCUT2D eigenvalue weighted by Gasteiger charge is -2.30. The van der Waals surface area contributed by atoms with Crippen LogP contribution >= 0.6 is 0 Å². The Morgan fingerprint density at radius 3 is 2.26 bits per heavy atom. The zero-order valence-electron chi connectivity index (χ0n) is 17.5. The topological polar surface area (TPSA) is 23.5 Å². The molecule has 1 aliphatic rings. The lowest BCUT2D eigenvalue weighted by molar-refractivity contribution is 0.281. The van der Waals surface area contributed by atoms with Gasteiger partial charge in [-0.25, -0.2) is 0 Å². The molecule has 27 heavy (non-hydrogen) atoms. The molecule has 0 saturated carbocycles. The SMILES string of the molecule is CCCC(CCC)N1CCc2ccccc21.CCCc1cccc(CO)c1. The molecule has 1 heterocycles. The fraction of sp³-hybridized carbons (Fsp3) is 0.520. The number of aliphatic hydroxyl groups is 1. The molecule has 2 aromatic rings. The Kier molecular flexibility index (Phi) is 9.41. The van der Waals surface area contributed by atoms with Crippen LogP contribution in [-0.2, 0) is 19.4 Å². The summed E-state index contributed by atoms with van der Waals surface area (Å²) in [5.41, 5.74) is 5.36. The summed E-state index contributed by atoms with van der Waals surface area (Å²) < 4.78 is 0. The van der Waals surface area contributed by atoms with E-state index in [1.807, 2.05) is 12.1 Å². The molecule has 0 saturated heterocycles. The third-order valence-corrected chi connectivity index (χ3v) is 5.32. The fourth-order valence-electron chi connectivity index (χ4n) is 4.04. The first kappa shape index (κ1) is 21.5. The van der Waals surface area contributed by atoms with Gasteiger partial charge in [-0.05, 0) is 48.4 Å². The fourth-order valence-corrected chi connectivity index (χ4v) is 4.04. The monoisotopic (exact) mass is 367 g/mol. The quantitative estimate of drug-likeness (QED) is 0.605. The van der Waals surface area contributed by atoms with Gasteiger partial charge >= 0.3 is 0 Å². The smallest absolute Gasteiger partial charge is 0.0681 e. The molecule has 148 valence electrons. The lowest BCUT2D eigenvalue weighted by Crippen LogP contribution is -2.33. The minimum Gasteiger partial charge on any atom is -0.392 e. The van der Waals surface area contributed by atoms with Crippen molar-refractivity contribution in [2.45, 2.75) is 78.4 Å². The number of anilines is 1. The molecular formula is C25H37NO. The summed E-state index contributed by atoms with van der Waals surface area (Å²) in [6.07, 6.45) is 8.76. The summed E-state index contributed by atoms with van der Waals surface area (Å²) in [5.74, 6) is 0. The van der Waals surface area contributed by atoms with Crippen LogP contribution in [-0.4, -0.2) is 17.7 Å². The van der Waals surface area contributed by atoms with E-state index in [1.165, 1.54) is 49.9 Å². The Balaban J connectivity index is 0.000000208. The highest BCUT2D eigenvalue weighted by atomic mass is 16.3. The molecule has 2 heteroatoms. The summed E-state index contributed by atoms with van der Waals surface area (Å²) in [6.45, 7) is 8.13. The van der Waals surface area contributed by atoms with Crippen molar-refractivity contribution in [2.24, 2.45) is 0 Å². The minimum atomic E-state index is 0.150. The second kappa shape index (κ2) is 11.8. The first-order valence-electron chi connectivity index (χ1n) is 10.8. The summed E-state index contributed by atoms with van der Waals surface area (Å²) in [7, 11) is 0. The Morgan fingerprint density at radius 1 is 0.889 bits per heavy atom. The number of rotatable bonds is 8. The summed E-state index contributed by atoms with van der Waals surface area (Å²) in [4.78, 5) is 2.64. The molecule has 3 rings (SSSR count). The molecule has 0 bridgehead atoms. The molecule has 0 aromatic heterocycles. The number of benzene rings is 2. The largest absolute Gasteiger partial charge is 0.392 e. The molecule has 1 N–H and O–H groups in total. The number of hydrogen-bond acceptors (Lipinski definition) is 2. The zero-order valence-corrected chi connectivity index (χ0v) is 17.5. The molecule has 0 radical (unpaired) electrons. The van der Waals surface area contributed by atoms with Crippen LogP contribution in [0.2, 0.25) is 0 Å². The lowest BCUT2D eigenvalue weighted by atomic mass is 10.0. The van der Waals surface area contributed by atoms with Gasteiger partial charge in [-0.2, -0.15) is 0 Å². The normalized spacial score (nSPS) is 12.7. The standard InChI is InChI=1S/C15H23N.C10H14O/c1-3-7-14(8-4-2)16-12-11-13-9-5-6-10-15(13)16;1-2-4-9-5-3-6-10(7-9)8-11/h5-6,9-10,14H,3-4,7-8,11-12H2,1-2H3;3,5-7,11H,2,4,8H2,1H3. The van der Waals surface area contributed by atoms with Crippen molar-refractivity contribution in [1.29, 1.82) is 0 Å². The van der Waals surface area contributed by atoms with Crippen molar-refractivity contribution in [3.8, 4) is 0 Å². The average Bonchev–Trinajstić information content (AvgIpc) is 3.13. The molecule has 1 aliphatic heterocycles. The summed E-state index contributed by atoms with van der Waals surface area (Å²) in [6, 6.07) is 17.8. The van der Waals surface area contributed by atoms with Crippen LogP contribution < -0.4 is 4.90 Å². The average molecular weight is 368 g/mol. The van der Waals surface area contributed by atoms with Crippen LogP contribution in [0.4, 0.5) is 5.69 Å². The predicted molar refractivity (Wildman–Crippen MR) is 117 cm³/mol. The molecule has 0 atom stereocenters. The van der Waals surface area contributed by atoms with Crippen LogP contribution in [0.1, 0.15) is 69.6 Å². The van der Waals surface area contributed by atoms with Crippen LogP contribution in [0.5, 0.6) is 0 Å².